The van der Waals surface area contributed by atoms with Gasteiger partial charge in [0, 0.05) is 5.02 Å². The average Bonchev–Trinajstić information content (AvgIpc) is 2.54. The van der Waals surface area contributed by atoms with E-state index in [-0.39, 0.29) is 18.5 Å². The van der Waals surface area contributed by atoms with Gasteiger partial charge in [-0.05, 0) is 68.1 Å². The van der Waals surface area contributed by atoms with Crippen LogP contribution < -0.4 is 9.62 Å². The summed E-state index contributed by atoms with van der Waals surface area (Å²) in [6, 6.07) is 10.3. The number of amides is 1. The van der Waals surface area contributed by atoms with E-state index in [1.807, 2.05) is 27.7 Å². The van der Waals surface area contributed by atoms with Gasteiger partial charge in [0.1, 0.15) is 6.54 Å². The third-order valence-corrected chi connectivity index (χ3v) is 5.89. The van der Waals surface area contributed by atoms with E-state index in [0.29, 0.717) is 10.7 Å². The fraction of sp³-hybridized carbons (Fsp3) is 0.350. The van der Waals surface area contributed by atoms with Crippen LogP contribution in [0.4, 0.5) is 5.69 Å². The molecule has 0 heterocycles. The molecule has 2 aromatic rings. The standard InChI is InChI=1S/C20H25ClN2O3S/c1-13-9-15(3)19(10-14(13)2)16(4)22-20(24)12-23(27(5,25)26)18-8-6-7-17(21)11-18/h6-11,16H,12H2,1-5H3,(H,22,24)/t16-/m1/s1. The Morgan fingerprint density at radius 3 is 2.33 bits per heavy atom. The van der Waals surface area contributed by atoms with Crippen molar-refractivity contribution in [2.45, 2.75) is 33.7 Å². The summed E-state index contributed by atoms with van der Waals surface area (Å²) in [6.07, 6.45) is 1.07. The molecule has 0 bridgehead atoms. The van der Waals surface area contributed by atoms with Crippen LogP contribution in [0.15, 0.2) is 36.4 Å². The van der Waals surface area contributed by atoms with Crippen LogP contribution in [-0.4, -0.2) is 27.1 Å². The number of rotatable bonds is 6. The summed E-state index contributed by atoms with van der Waals surface area (Å²) >= 11 is 5.96. The zero-order valence-electron chi connectivity index (χ0n) is 16.2. The molecular formula is C20H25ClN2O3S. The Hall–Kier alpha value is -2.05. The molecule has 146 valence electrons. The Morgan fingerprint density at radius 1 is 1.11 bits per heavy atom. The Morgan fingerprint density at radius 2 is 1.74 bits per heavy atom. The van der Waals surface area contributed by atoms with Gasteiger partial charge in [-0.15, -0.1) is 0 Å². The maximum absolute atomic E-state index is 12.6. The van der Waals surface area contributed by atoms with E-state index in [1.165, 1.54) is 11.6 Å². The lowest BCUT2D eigenvalue weighted by Crippen LogP contribution is -2.41. The second-order valence-corrected chi connectivity index (χ2v) is 9.18. The normalized spacial score (nSPS) is 12.5. The number of sulfonamides is 1. The lowest BCUT2D eigenvalue weighted by atomic mass is 9.96. The van der Waals surface area contributed by atoms with Crippen molar-refractivity contribution in [1.29, 1.82) is 0 Å². The molecule has 1 atom stereocenters. The second-order valence-electron chi connectivity index (χ2n) is 6.83. The minimum absolute atomic E-state index is 0.238. The fourth-order valence-electron chi connectivity index (χ4n) is 2.98. The monoisotopic (exact) mass is 408 g/mol. The Bertz CT molecular complexity index is 958. The SMILES string of the molecule is Cc1cc(C)c([C@@H](C)NC(=O)CN(c2cccc(Cl)c2)S(C)(=O)=O)cc1C. The largest absolute Gasteiger partial charge is 0.348 e. The molecule has 0 aliphatic carbocycles. The number of anilines is 1. The van der Waals surface area contributed by atoms with E-state index in [9.17, 15) is 13.2 Å². The van der Waals surface area contributed by atoms with Crippen molar-refractivity contribution in [1.82, 2.24) is 5.32 Å². The van der Waals surface area contributed by atoms with Gasteiger partial charge < -0.3 is 5.32 Å². The summed E-state index contributed by atoms with van der Waals surface area (Å²) in [6.45, 7) is 7.65. The Balaban J connectivity index is 2.20. The summed E-state index contributed by atoms with van der Waals surface area (Å²) in [5, 5.41) is 3.30. The third kappa shape index (κ3) is 5.47. The summed E-state index contributed by atoms with van der Waals surface area (Å²) < 4.78 is 25.4. The lowest BCUT2D eigenvalue weighted by molar-refractivity contribution is -0.120. The summed E-state index contributed by atoms with van der Waals surface area (Å²) in [7, 11) is -3.64. The van der Waals surface area contributed by atoms with E-state index in [4.69, 9.17) is 11.6 Å². The van der Waals surface area contributed by atoms with Crippen LogP contribution in [0, 0.1) is 20.8 Å². The van der Waals surface area contributed by atoms with Crippen LogP contribution in [0.1, 0.15) is 35.2 Å². The topological polar surface area (TPSA) is 66.5 Å². The van der Waals surface area contributed by atoms with E-state index in [0.717, 1.165) is 27.3 Å². The van der Waals surface area contributed by atoms with Crippen LogP contribution in [0.3, 0.4) is 0 Å². The van der Waals surface area contributed by atoms with Gasteiger partial charge in [-0.1, -0.05) is 29.8 Å². The summed E-state index contributed by atoms with van der Waals surface area (Å²) in [5.74, 6) is -0.384. The molecule has 0 fully saturated rings. The van der Waals surface area contributed by atoms with Gasteiger partial charge in [0.15, 0.2) is 0 Å². The molecule has 0 aliphatic heterocycles. The number of hydrogen-bond acceptors (Lipinski definition) is 3. The van der Waals surface area contributed by atoms with Gasteiger partial charge >= 0.3 is 0 Å². The van der Waals surface area contributed by atoms with Crippen molar-refractivity contribution in [3.8, 4) is 0 Å². The smallest absolute Gasteiger partial charge is 0.241 e. The zero-order chi connectivity index (χ0) is 20.4. The van der Waals surface area contributed by atoms with Crippen LogP contribution in [0.5, 0.6) is 0 Å². The Labute approximate surface area is 166 Å². The van der Waals surface area contributed by atoms with E-state index in [2.05, 4.69) is 17.4 Å². The molecular weight excluding hydrogens is 384 g/mol. The predicted octanol–water partition coefficient (Wildman–Crippen LogP) is 3.91. The molecule has 1 N–H and O–H groups in total. The zero-order valence-corrected chi connectivity index (χ0v) is 17.8. The average molecular weight is 409 g/mol. The molecule has 7 heteroatoms. The first-order chi connectivity index (χ1) is 12.5. The predicted molar refractivity (Wildman–Crippen MR) is 111 cm³/mol. The molecule has 0 aromatic heterocycles. The molecule has 27 heavy (non-hydrogen) atoms. The third-order valence-electron chi connectivity index (χ3n) is 4.51. The summed E-state index contributed by atoms with van der Waals surface area (Å²) in [5.41, 5.74) is 4.79. The number of benzene rings is 2. The van der Waals surface area contributed by atoms with E-state index >= 15 is 0 Å². The molecule has 0 spiro atoms. The van der Waals surface area contributed by atoms with Gasteiger partial charge in [-0.3, -0.25) is 9.10 Å². The number of carbonyl (C=O) groups excluding carboxylic acids is 1. The van der Waals surface area contributed by atoms with Crippen molar-refractivity contribution >= 4 is 33.2 Å². The molecule has 2 aromatic carbocycles. The number of nitrogens with zero attached hydrogens (tertiary/aromatic N) is 1. The van der Waals surface area contributed by atoms with Gasteiger partial charge in [-0.2, -0.15) is 0 Å². The highest BCUT2D eigenvalue weighted by molar-refractivity contribution is 7.92. The van der Waals surface area contributed by atoms with Crippen molar-refractivity contribution in [3.63, 3.8) is 0 Å². The molecule has 0 saturated heterocycles. The minimum atomic E-state index is -3.64. The maximum Gasteiger partial charge on any atom is 0.241 e. The quantitative estimate of drug-likeness (QED) is 0.787. The van der Waals surface area contributed by atoms with Crippen LogP contribution in [0.25, 0.3) is 0 Å². The van der Waals surface area contributed by atoms with Gasteiger partial charge in [0.05, 0.1) is 18.0 Å². The molecule has 2 rings (SSSR count). The second kappa shape index (κ2) is 8.31. The van der Waals surface area contributed by atoms with E-state index < -0.39 is 10.0 Å². The molecule has 0 unspecified atom stereocenters. The molecule has 0 saturated carbocycles. The van der Waals surface area contributed by atoms with Crippen LogP contribution >= 0.6 is 11.6 Å². The molecule has 5 nitrogen and oxygen atoms in total. The van der Waals surface area contributed by atoms with Crippen LogP contribution in [-0.2, 0) is 14.8 Å². The number of halogens is 1. The van der Waals surface area contributed by atoms with E-state index in [1.54, 1.807) is 18.2 Å². The number of carbonyl (C=O) groups is 1. The maximum atomic E-state index is 12.6. The molecule has 0 aliphatic rings. The Kier molecular flexibility index (Phi) is 6.54. The van der Waals surface area contributed by atoms with Gasteiger partial charge in [0.25, 0.3) is 0 Å². The molecule has 1 amide bonds. The minimum Gasteiger partial charge on any atom is -0.348 e. The van der Waals surface area contributed by atoms with Crippen molar-refractivity contribution < 1.29 is 13.2 Å². The highest BCUT2D eigenvalue weighted by atomic mass is 35.5. The van der Waals surface area contributed by atoms with Crippen LogP contribution in [0.2, 0.25) is 5.02 Å². The lowest BCUT2D eigenvalue weighted by Gasteiger charge is -2.24. The number of aryl methyl sites for hydroxylation is 3. The highest BCUT2D eigenvalue weighted by Gasteiger charge is 2.22. The summed E-state index contributed by atoms with van der Waals surface area (Å²) in [4.78, 5) is 12.6. The van der Waals surface area contributed by atoms with Crippen molar-refractivity contribution in [3.05, 3.63) is 63.7 Å². The number of nitrogens with one attached hydrogen (secondary N) is 1. The van der Waals surface area contributed by atoms with Crippen molar-refractivity contribution in [2.75, 3.05) is 17.1 Å². The first-order valence-electron chi connectivity index (χ1n) is 8.59. The number of hydrogen-bond donors (Lipinski definition) is 1. The first-order valence-corrected chi connectivity index (χ1v) is 10.8. The van der Waals surface area contributed by atoms with Gasteiger partial charge in [-0.25, -0.2) is 8.42 Å². The van der Waals surface area contributed by atoms with Gasteiger partial charge in [0.2, 0.25) is 15.9 Å². The highest BCUT2D eigenvalue weighted by Crippen LogP contribution is 2.23. The fourth-order valence-corrected chi connectivity index (χ4v) is 4.01. The van der Waals surface area contributed by atoms with Crippen molar-refractivity contribution in [2.24, 2.45) is 0 Å². The first kappa shape index (κ1) is 21.3. The molecule has 0 radical (unpaired) electrons.